The van der Waals surface area contributed by atoms with Crippen molar-refractivity contribution in [2.45, 2.75) is 77.5 Å². The van der Waals surface area contributed by atoms with Crippen LogP contribution >= 0.6 is 0 Å². The smallest absolute Gasteiger partial charge is 0.158 e. The van der Waals surface area contributed by atoms with Crippen molar-refractivity contribution >= 4 is 0 Å². The average molecular weight is 286 g/mol. The van der Waals surface area contributed by atoms with Crippen LogP contribution in [0.1, 0.15) is 52.9 Å². The Labute approximate surface area is 122 Å². The van der Waals surface area contributed by atoms with Crippen molar-refractivity contribution in [1.82, 2.24) is 0 Å². The molecule has 0 spiro atoms. The van der Waals surface area contributed by atoms with Gasteiger partial charge in [-0.05, 0) is 37.0 Å². The molecule has 2 fully saturated rings. The van der Waals surface area contributed by atoms with Gasteiger partial charge in [-0.3, -0.25) is 0 Å². The molecule has 2 aliphatic rings. The summed E-state index contributed by atoms with van der Waals surface area (Å²) in [6.07, 6.45) is 3.88. The maximum Gasteiger partial charge on any atom is 0.158 e. The van der Waals surface area contributed by atoms with E-state index >= 15 is 0 Å². The van der Waals surface area contributed by atoms with E-state index in [2.05, 4.69) is 20.8 Å². The molecule has 1 aliphatic carbocycles. The molecule has 0 bridgehead atoms. The van der Waals surface area contributed by atoms with Crippen molar-refractivity contribution in [3.05, 3.63) is 0 Å². The first-order valence-electron chi connectivity index (χ1n) is 8.11. The van der Waals surface area contributed by atoms with E-state index in [9.17, 15) is 10.2 Å². The molecule has 0 aromatic rings. The number of rotatable bonds is 4. The predicted molar refractivity (Wildman–Crippen MR) is 77.2 cm³/mol. The summed E-state index contributed by atoms with van der Waals surface area (Å²) in [7, 11) is 0. The van der Waals surface area contributed by atoms with E-state index < -0.39 is 12.2 Å². The molecule has 4 heteroatoms. The number of ether oxygens (including phenoxy) is 2. The fourth-order valence-corrected chi connectivity index (χ4v) is 3.58. The quantitative estimate of drug-likeness (QED) is 0.832. The standard InChI is InChI=1S/C16H30O4/c1-10(2)12-5-4-11(3)8-14(12)19-16-7-6-13(18)15(9-17)20-16/h10-18H,4-9H2,1-3H3/t11?,12?,13-,14?,15+,16?/m0/s1. The third-order valence-corrected chi connectivity index (χ3v) is 4.92. The number of hydrogen-bond donors (Lipinski definition) is 2. The van der Waals surface area contributed by atoms with Crippen LogP contribution in [0.15, 0.2) is 0 Å². The summed E-state index contributed by atoms with van der Waals surface area (Å²) in [5.41, 5.74) is 0. The minimum absolute atomic E-state index is 0.143. The van der Waals surface area contributed by atoms with Gasteiger partial charge < -0.3 is 19.7 Å². The first kappa shape index (κ1) is 16.2. The van der Waals surface area contributed by atoms with E-state index in [0.29, 0.717) is 30.6 Å². The first-order chi connectivity index (χ1) is 9.51. The zero-order valence-electron chi connectivity index (χ0n) is 13.0. The minimum atomic E-state index is -0.564. The average Bonchev–Trinajstić information content (AvgIpc) is 2.40. The lowest BCUT2D eigenvalue weighted by Gasteiger charge is -2.41. The molecule has 2 N–H and O–H groups in total. The van der Waals surface area contributed by atoms with Gasteiger partial charge in [-0.1, -0.05) is 27.2 Å². The molecular formula is C16H30O4. The highest BCUT2D eigenvalue weighted by molar-refractivity contribution is 4.83. The largest absolute Gasteiger partial charge is 0.394 e. The van der Waals surface area contributed by atoms with Crippen molar-refractivity contribution in [3.8, 4) is 0 Å². The van der Waals surface area contributed by atoms with Crippen LogP contribution in [-0.4, -0.2) is 41.4 Å². The van der Waals surface area contributed by atoms with Crippen molar-refractivity contribution < 1.29 is 19.7 Å². The normalized spacial score (nSPS) is 42.9. The Kier molecular flexibility index (Phi) is 5.84. The molecule has 0 aromatic heterocycles. The van der Waals surface area contributed by atoms with E-state index in [1.807, 2.05) is 0 Å². The van der Waals surface area contributed by atoms with Gasteiger partial charge in [-0.15, -0.1) is 0 Å². The van der Waals surface area contributed by atoms with E-state index in [1.54, 1.807) is 0 Å². The topological polar surface area (TPSA) is 58.9 Å². The SMILES string of the molecule is CC1CCC(C(C)C)C(OC2CC[C@H](O)[C@@H](CO)O2)C1. The minimum Gasteiger partial charge on any atom is -0.394 e. The molecule has 4 nitrogen and oxygen atoms in total. The Bertz CT molecular complexity index is 294. The van der Waals surface area contributed by atoms with Crippen molar-refractivity contribution in [3.63, 3.8) is 0 Å². The summed E-state index contributed by atoms with van der Waals surface area (Å²) in [5.74, 6) is 1.92. The third-order valence-electron chi connectivity index (χ3n) is 4.92. The molecular weight excluding hydrogens is 256 g/mol. The highest BCUT2D eigenvalue weighted by Crippen LogP contribution is 2.37. The summed E-state index contributed by atoms with van der Waals surface area (Å²) in [4.78, 5) is 0. The zero-order chi connectivity index (χ0) is 14.7. The van der Waals surface area contributed by atoms with Crippen LogP contribution < -0.4 is 0 Å². The molecule has 1 heterocycles. The molecule has 4 unspecified atom stereocenters. The van der Waals surface area contributed by atoms with Crippen molar-refractivity contribution in [2.75, 3.05) is 6.61 Å². The Morgan fingerprint density at radius 1 is 1.20 bits per heavy atom. The summed E-state index contributed by atoms with van der Waals surface area (Å²) >= 11 is 0. The highest BCUT2D eigenvalue weighted by atomic mass is 16.7. The molecule has 6 atom stereocenters. The van der Waals surface area contributed by atoms with Gasteiger partial charge in [-0.2, -0.15) is 0 Å². The van der Waals surface area contributed by atoms with Crippen molar-refractivity contribution in [1.29, 1.82) is 0 Å². The van der Waals surface area contributed by atoms with E-state index in [1.165, 1.54) is 12.8 Å². The summed E-state index contributed by atoms with van der Waals surface area (Å²) in [6.45, 7) is 6.67. The molecule has 1 aliphatic heterocycles. The van der Waals surface area contributed by atoms with Gasteiger partial charge >= 0.3 is 0 Å². The van der Waals surface area contributed by atoms with Gasteiger partial charge in [0.2, 0.25) is 0 Å². The van der Waals surface area contributed by atoms with Crippen LogP contribution in [0.3, 0.4) is 0 Å². The molecule has 20 heavy (non-hydrogen) atoms. The first-order valence-corrected chi connectivity index (χ1v) is 8.11. The summed E-state index contributed by atoms with van der Waals surface area (Å²) in [6, 6.07) is 0. The fourth-order valence-electron chi connectivity index (χ4n) is 3.58. The van der Waals surface area contributed by atoms with Crippen LogP contribution in [0.5, 0.6) is 0 Å². The van der Waals surface area contributed by atoms with Gasteiger partial charge in [0.05, 0.1) is 18.8 Å². The summed E-state index contributed by atoms with van der Waals surface area (Å²) < 4.78 is 11.9. The second kappa shape index (κ2) is 7.21. The maximum atomic E-state index is 9.73. The van der Waals surface area contributed by atoms with E-state index in [4.69, 9.17) is 9.47 Å². The van der Waals surface area contributed by atoms with Gasteiger partial charge in [0.1, 0.15) is 6.10 Å². The second-order valence-corrected chi connectivity index (χ2v) is 6.93. The lowest BCUT2D eigenvalue weighted by atomic mass is 9.75. The van der Waals surface area contributed by atoms with Gasteiger partial charge in [0, 0.05) is 6.42 Å². The van der Waals surface area contributed by atoms with Crippen LogP contribution in [-0.2, 0) is 9.47 Å². The fraction of sp³-hybridized carbons (Fsp3) is 1.00. The van der Waals surface area contributed by atoms with Crippen LogP contribution in [0.2, 0.25) is 0 Å². The Balaban J connectivity index is 1.92. The maximum absolute atomic E-state index is 9.73. The molecule has 0 radical (unpaired) electrons. The van der Waals surface area contributed by atoms with Gasteiger partial charge in [0.15, 0.2) is 6.29 Å². The Hall–Kier alpha value is -0.160. The predicted octanol–water partition coefficient (Wildman–Crippen LogP) is 2.32. The molecule has 0 amide bonds. The molecule has 1 saturated heterocycles. The molecule has 2 rings (SSSR count). The number of aliphatic hydroxyl groups is 2. The lowest BCUT2D eigenvalue weighted by molar-refractivity contribution is -0.257. The van der Waals surface area contributed by atoms with Crippen LogP contribution in [0.4, 0.5) is 0 Å². The Morgan fingerprint density at radius 3 is 2.60 bits per heavy atom. The van der Waals surface area contributed by atoms with E-state index in [0.717, 1.165) is 6.42 Å². The van der Waals surface area contributed by atoms with Crippen molar-refractivity contribution in [2.24, 2.45) is 17.8 Å². The highest BCUT2D eigenvalue weighted by Gasteiger charge is 2.36. The molecule has 0 aromatic carbocycles. The monoisotopic (exact) mass is 286 g/mol. The van der Waals surface area contributed by atoms with Gasteiger partial charge in [0.25, 0.3) is 0 Å². The Morgan fingerprint density at radius 2 is 1.95 bits per heavy atom. The van der Waals surface area contributed by atoms with E-state index in [-0.39, 0.29) is 19.0 Å². The molecule has 118 valence electrons. The van der Waals surface area contributed by atoms with Crippen LogP contribution in [0.25, 0.3) is 0 Å². The number of aliphatic hydroxyl groups excluding tert-OH is 2. The second-order valence-electron chi connectivity index (χ2n) is 6.93. The third kappa shape index (κ3) is 3.94. The number of hydrogen-bond acceptors (Lipinski definition) is 4. The summed E-state index contributed by atoms with van der Waals surface area (Å²) in [5, 5.41) is 19.0. The zero-order valence-corrected chi connectivity index (χ0v) is 13.0. The van der Waals surface area contributed by atoms with Gasteiger partial charge in [-0.25, -0.2) is 0 Å². The lowest BCUT2D eigenvalue weighted by Crippen LogP contribution is -2.45. The van der Waals surface area contributed by atoms with Crippen LogP contribution in [0, 0.1) is 17.8 Å². The molecule has 1 saturated carbocycles.